The summed E-state index contributed by atoms with van der Waals surface area (Å²) in [6.07, 6.45) is 0.764. The average molecular weight is 318 g/mol. The van der Waals surface area contributed by atoms with Crippen LogP contribution in [0.25, 0.3) is 11.1 Å². The van der Waals surface area contributed by atoms with Gasteiger partial charge in [-0.2, -0.15) is 0 Å². The number of rotatable bonds is 3. The van der Waals surface area contributed by atoms with Crippen LogP contribution in [0, 0.1) is 20.8 Å². The van der Waals surface area contributed by atoms with E-state index in [2.05, 4.69) is 81.4 Å². The molecule has 0 atom stereocenters. The molecule has 0 fully saturated rings. The first kappa shape index (κ1) is 18.0. The quantitative estimate of drug-likeness (QED) is 0.676. The molecule has 1 N–H and O–H groups in total. The molecule has 3 aromatic carbocycles. The second kappa shape index (κ2) is 9.05. The van der Waals surface area contributed by atoms with E-state index in [-0.39, 0.29) is 6.61 Å². The summed E-state index contributed by atoms with van der Waals surface area (Å²) in [5.41, 5.74) is 7.81. The Kier molecular flexibility index (Phi) is 6.77. The molecule has 0 aromatic heterocycles. The molecule has 3 aromatic rings. The first-order valence-electron chi connectivity index (χ1n) is 8.40. The van der Waals surface area contributed by atoms with Crippen LogP contribution in [0.5, 0.6) is 0 Å². The molecule has 0 heterocycles. The normalized spacial score (nSPS) is 10.0. The highest BCUT2D eigenvalue weighted by molar-refractivity contribution is 5.70. The van der Waals surface area contributed by atoms with E-state index in [1.54, 1.807) is 0 Å². The molecule has 1 nitrogen and oxygen atoms in total. The zero-order valence-electron chi connectivity index (χ0n) is 14.8. The number of aliphatic hydroxyl groups is 1. The van der Waals surface area contributed by atoms with E-state index < -0.39 is 0 Å². The van der Waals surface area contributed by atoms with Crippen LogP contribution < -0.4 is 0 Å². The second-order valence-electron chi connectivity index (χ2n) is 6.09. The summed E-state index contributed by atoms with van der Waals surface area (Å²) in [6.45, 7) is 6.61. The van der Waals surface area contributed by atoms with Gasteiger partial charge in [0.2, 0.25) is 0 Å². The molecule has 1 heteroatoms. The zero-order valence-corrected chi connectivity index (χ0v) is 14.8. The molecule has 0 aliphatic rings. The van der Waals surface area contributed by atoms with Gasteiger partial charge in [0.1, 0.15) is 0 Å². The lowest BCUT2D eigenvalue weighted by Crippen LogP contribution is -1.89. The Morgan fingerprint density at radius 2 is 1.08 bits per heavy atom. The van der Waals surface area contributed by atoms with E-state index in [1.165, 1.54) is 33.4 Å². The Morgan fingerprint density at radius 3 is 1.50 bits per heavy atom. The number of hydrogen-bond acceptors (Lipinski definition) is 1. The zero-order chi connectivity index (χ0) is 17.4. The number of hydrogen-bond donors (Lipinski definition) is 1. The highest BCUT2D eigenvalue weighted by atomic mass is 16.2. The third-order valence-electron chi connectivity index (χ3n) is 4.10. The number of aliphatic hydroxyl groups excluding tert-OH is 1. The Hall–Kier alpha value is -2.38. The fourth-order valence-corrected chi connectivity index (χ4v) is 2.63. The van der Waals surface area contributed by atoms with Gasteiger partial charge in [-0.3, -0.25) is 0 Å². The lowest BCUT2D eigenvalue weighted by atomic mass is 9.97. The van der Waals surface area contributed by atoms with Crippen molar-refractivity contribution in [1.82, 2.24) is 0 Å². The summed E-state index contributed by atoms with van der Waals surface area (Å²) in [6, 6.07) is 25.2. The topological polar surface area (TPSA) is 20.2 Å². The molecule has 0 spiro atoms. The van der Waals surface area contributed by atoms with Gasteiger partial charge in [-0.05, 0) is 55.0 Å². The molecule has 0 radical (unpaired) electrons. The van der Waals surface area contributed by atoms with Crippen molar-refractivity contribution in [3.8, 4) is 11.1 Å². The van der Waals surface area contributed by atoms with Gasteiger partial charge in [0, 0.05) is 6.61 Å². The third kappa shape index (κ3) is 5.07. The minimum atomic E-state index is 0.239. The Morgan fingerprint density at radius 1 is 0.625 bits per heavy atom. The first-order chi connectivity index (χ1) is 11.6. The molecule has 3 rings (SSSR count). The fraction of sp³-hybridized carbons (Fsp3) is 0.217. The maximum atomic E-state index is 8.59. The molecule has 0 saturated carbocycles. The fourth-order valence-electron chi connectivity index (χ4n) is 2.63. The van der Waals surface area contributed by atoms with Crippen LogP contribution in [0.1, 0.15) is 22.3 Å². The molecule has 0 unspecified atom stereocenters. The monoisotopic (exact) mass is 318 g/mol. The van der Waals surface area contributed by atoms with Gasteiger partial charge in [-0.15, -0.1) is 0 Å². The standard InChI is InChI=1S/C14H14.C9H12O/c1-11-7-3-5-9-13(11)14-10-6-4-8-12(14)2;1-8-2-4-9(5-3-8)6-7-10/h3-10H,1-2H3;2-5,10H,6-7H2,1H3. The van der Waals surface area contributed by atoms with Gasteiger partial charge in [-0.25, -0.2) is 0 Å². The van der Waals surface area contributed by atoms with E-state index in [9.17, 15) is 0 Å². The van der Waals surface area contributed by atoms with Crippen LogP contribution in [-0.4, -0.2) is 11.7 Å². The largest absolute Gasteiger partial charge is 0.396 e. The average Bonchev–Trinajstić information content (AvgIpc) is 2.59. The van der Waals surface area contributed by atoms with Crippen LogP contribution >= 0.6 is 0 Å². The maximum Gasteiger partial charge on any atom is 0.0471 e. The maximum absolute atomic E-state index is 8.59. The van der Waals surface area contributed by atoms with Gasteiger partial charge < -0.3 is 5.11 Å². The highest BCUT2D eigenvalue weighted by Gasteiger charge is 2.02. The minimum Gasteiger partial charge on any atom is -0.396 e. The molecule has 0 saturated heterocycles. The van der Waals surface area contributed by atoms with Crippen molar-refractivity contribution in [2.75, 3.05) is 6.61 Å². The first-order valence-corrected chi connectivity index (χ1v) is 8.40. The predicted octanol–water partition coefficient (Wildman–Crippen LogP) is 5.50. The lowest BCUT2D eigenvalue weighted by Gasteiger charge is -2.08. The van der Waals surface area contributed by atoms with Crippen molar-refractivity contribution in [3.05, 3.63) is 95.1 Å². The van der Waals surface area contributed by atoms with E-state index in [4.69, 9.17) is 5.11 Å². The predicted molar refractivity (Wildman–Crippen MR) is 103 cm³/mol. The summed E-state index contributed by atoms with van der Waals surface area (Å²) in [5.74, 6) is 0. The Balaban J connectivity index is 0.000000185. The van der Waals surface area contributed by atoms with Gasteiger partial charge in [-0.1, -0.05) is 78.4 Å². The van der Waals surface area contributed by atoms with Crippen molar-refractivity contribution in [1.29, 1.82) is 0 Å². The SMILES string of the molecule is Cc1ccc(CCO)cc1.Cc1ccccc1-c1ccccc1C. The summed E-state index contributed by atoms with van der Waals surface area (Å²) in [4.78, 5) is 0. The van der Waals surface area contributed by atoms with Crippen LogP contribution in [0.4, 0.5) is 0 Å². The van der Waals surface area contributed by atoms with E-state index in [1.807, 2.05) is 12.1 Å². The third-order valence-corrected chi connectivity index (χ3v) is 4.10. The smallest absolute Gasteiger partial charge is 0.0471 e. The van der Waals surface area contributed by atoms with Crippen molar-refractivity contribution in [2.45, 2.75) is 27.2 Å². The van der Waals surface area contributed by atoms with Crippen molar-refractivity contribution < 1.29 is 5.11 Å². The second-order valence-corrected chi connectivity index (χ2v) is 6.09. The summed E-state index contributed by atoms with van der Waals surface area (Å²) < 4.78 is 0. The highest BCUT2D eigenvalue weighted by Crippen LogP contribution is 2.25. The molecular formula is C23H26O. The molecular weight excluding hydrogens is 292 g/mol. The van der Waals surface area contributed by atoms with E-state index >= 15 is 0 Å². The molecule has 24 heavy (non-hydrogen) atoms. The van der Waals surface area contributed by atoms with Crippen molar-refractivity contribution >= 4 is 0 Å². The van der Waals surface area contributed by atoms with Crippen LogP contribution in [0.3, 0.4) is 0 Å². The molecule has 0 amide bonds. The Bertz CT molecular complexity index is 713. The molecule has 0 aliphatic carbocycles. The minimum absolute atomic E-state index is 0.239. The molecule has 0 aliphatic heterocycles. The summed E-state index contributed by atoms with van der Waals surface area (Å²) in [5, 5.41) is 8.59. The van der Waals surface area contributed by atoms with Gasteiger partial charge in [0.15, 0.2) is 0 Å². The Labute approximate surface area is 145 Å². The van der Waals surface area contributed by atoms with Crippen molar-refractivity contribution in [3.63, 3.8) is 0 Å². The summed E-state index contributed by atoms with van der Waals surface area (Å²) >= 11 is 0. The van der Waals surface area contributed by atoms with Crippen LogP contribution in [0.15, 0.2) is 72.8 Å². The van der Waals surface area contributed by atoms with Gasteiger partial charge in [0.25, 0.3) is 0 Å². The van der Waals surface area contributed by atoms with Gasteiger partial charge in [0.05, 0.1) is 0 Å². The lowest BCUT2D eigenvalue weighted by molar-refractivity contribution is 0.299. The van der Waals surface area contributed by atoms with Crippen LogP contribution in [0.2, 0.25) is 0 Å². The van der Waals surface area contributed by atoms with Crippen LogP contribution in [-0.2, 0) is 6.42 Å². The van der Waals surface area contributed by atoms with Crippen molar-refractivity contribution in [2.24, 2.45) is 0 Å². The summed E-state index contributed by atoms with van der Waals surface area (Å²) in [7, 11) is 0. The molecule has 124 valence electrons. The number of benzene rings is 3. The van der Waals surface area contributed by atoms with E-state index in [0.717, 1.165) is 6.42 Å². The van der Waals surface area contributed by atoms with Gasteiger partial charge >= 0.3 is 0 Å². The van der Waals surface area contributed by atoms with E-state index in [0.29, 0.717) is 0 Å². The molecule has 0 bridgehead atoms. The number of aryl methyl sites for hydroxylation is 3.